The van der Waals surface area contributed by atoms with Gasteiger partial charge in [-0.2, -0.15) is 0 Å². The van der Waals surface area contributed by atoms with Gasteiger partial charge in [-0.15, -0.1) is 11.8 Å². The fraction of sp³-hybridized carbons (Fsp3) is 0.406. The van der Waals surface area contributed by atoms with Gasteiger partial charge in [0.1, 0.15) is 6.17 Å². The minimum absolute atomic E-state index is 0.0556. The molecule has 1 saturated carbocycles. The highest BCUT2D eigenvalue weighted by molar-refractivity contribution is 8.00. The van der Waals surface area contributed by atoms with Gasteiger partial charge < -0.3 is 23.8 Å². The van der Waals surface area contributed by atoms with Crippen LogP contribution in [0.2, 0.25) is 0 Å². The third-order valence-electron chi connectivity index (χ3n) is 8.89. The molecule has 2 atom stereocenters. The predicted octanol–water partition coefficient (Wildman–Crippen LogP) is 4.77. The van der Waals surface area contributed by atoms with Gasteiger partial charge in [-0.3, -0.25) is 19.3 Å². The van der Waals surface area contributed by atoms with Crippen LogP contribution >= 0.6 is 11.8 Å². The Hall–Kier alpha value is -3.96. The number of thioether (sulfide) groups is 1. The van der Waals surface area contributed by atoms with Gasteiger partial charge in [-0.1, -0.05) is 61.7 Å². The molecule has 224 valence electrons. The zero-order valence-corrected chi connectivity index (χ0v) is 24.7. The largest absolute Gasteiger partial charge is 0.510 e. The van der Waals surface area contributed by atoms with E-state index in [1.54, 1.807) is 15.8 Å². The summed E-state index contributed by atoms with van der Waals surface area (Å²) in [5.74, 6) is -0.525. The van der Waals surface area contributed by atoms with Crippen LogP contribution in [0.5, 0.6) is 5.75 Å². The molecule has 10 nitrogen and oxygen atoms in total. The van der Waals surface area contributed by atoms with Gasteiger partial charge in [-0.25, -0.2) is 4.79 Å². The molecule has 0 radical (unpaired) electrons. The number of rotatable bonds is 4. The van der Waals surface area contributed by atoms with Crippen molar-refractivity contribution in [3.63, 3.8) is 0 Å². The van der Waals surface area contributed by atoms with Gasteiger partial charge in [-0.05, 0) is 35.6 Å². The summed E-state index contributed by atoms with van der Waals surface area (Å²) < 4.78 is 22.8. The van der Waals surface area contributed by atoms with E-state index < -0.39 is 24.5 Å². The van der Waals surface area contributed by atoms with Crippen LogP contribution < -0.4 is 15.2 Å². The van der Waals surface area contributed by atoms with Crippen molar-refractivity contribution in [1.29, 1.82) is 0 Å². The average molecular weight is 604 g/mol. The van der Waals surface area contributed by atoms with Gasteiger partial charge in [0.25, 0.3) is 5.91 Å². The number of carbonyl (C=O) groups is 2. The molecule has 0 bridgehead atoms. The first-order valence-corrected chi connectivity index (χ1v) is 15.5. The van der Waals surface area contributed by atoms with Crippen molar-refractivity contribution in [2.24, 2.45) is 0 Å². The van der Waals surface area contributed by atoms with Crippen LogP contribution in [0, 0.1) is 0 Å². The number of fused-ring (bicyclic) bond motifs is 5. The van der Waals surface area contributed by atoms with Crippen molar-refractivity contribution in [2.75, 3.05) is 38.7 Å². The lowest BCUT2D eigenvalue weighted by Crippen LogP contribution is -2.66. The zero-order valence-electron chi connectivity index (χ0n) is 23.9. The fourth-order valence-corrected chi connectivity index (χ4v) is 8.67. The Labute approximate surface area is 253 Å². The Bertz CT molecular complexity index is 1620. The highest BCUT2D eigenvalue weighted by Crippen LogP contribution is 2.57. The molecule has 3 aliphatic heterocycles. The second-order valence-corrected chi connectivity index (χ2v) is 12.6. The van der Waals surface area contributed by atoms with E-state index in [4.69, 9.17) is 14.2 Å². The Morgan fingerprint density at radius 3 is 2.60 bits per heavy atom. The Morgan fingerprint density at radius 1 is 1.02 bits per heavy atom. The van der Waals surface area contributed by atoms with E-state index in [2.05, 4.69) is 58.3 Å². The fourth-order valence-electron chi connectivity index (χ4n) is 7.02. The van der Waals surface area contributed by atoms with Crippen LogP contribution in [0.25, 0.3) is 0 Å². The van der Waals surface area contributed by atoms with Gasteiger partial charge in [0, 0.05) is 28.5 Å². The summed E-state index contributed by atoms with van der Waals surface area (Å²) in [5.41, 5.74) is 3.20. The van der Waals surface area contributed by atoms with Gasteiger partial charge in [0.2, 0.25) is 18.0 Å². The normalized spacial score (nSPS) is 22.0. The van der Waals surface area contributed by atoms with E-state index in [0.717, 1.165) is 18.4 Å². The number of hydrogen-bond acceptors (Lipinski definition) is 9. The molecular weight excluding hydrogens is 570 g/mol. The molecule has 4 heterocycles. The highest BCUT2D eigenvalue weighted by atomic mass is 32.2. The molecule has 1 saturated heterocycles. The van der Waals surface area contributed by atoms with Crippen molar-refractivity contribution >= 4 is 23.8 Å². The topological polar surface area (TPSA) is 99.5 Å². The highest BCUT2D eigenvalue weighted by Gasteiger charge is 2.49. The molecule has 2 fully saturated rings. The predicted molar refractivity (Wildman–Crippen MR) is 159 cm³/mol. The van der Waals surface area contributed by atoms with Crippen molar-refractivity contribution in [2.45, 2.75) is 54.0 Å². The summed E-state index contributed by atoms with van der Waals surface area (Å²) in [6.07, 6.45) is 6.02. The lowest BCUT2D eigenvalue weighted by molar-refractivity contribution is -0.0209. The van der Waals surface area contributed by atoms with E-state index in [0.29, 0.717) is 19.8 Å². The quantitative estimate of drug-likeness (QED) is 0.308. The zero-order chi connectivity index (χ0) is 29.6. The molecular formula is C32H33N3O7S. The van der Waals surface area contributed by atoms with Gasteiger partial charge in [0.15, 0.2) is 5.69 Å². The summed E-state index contributed by atoms with van der Waals surface area (Å²) >= 11 is 1.96. The number of amides is 1. The first kappa shape index (κ1) is 27.8. The molecule has 11 heteroatoms. The average Bonchev–Trinajstić information content (AvgIpc) is 3.15. The van der Waals surface area contributed by atoms with Crippen LogP contribution in [0.3, 0.4) is 0 Å². The second-order valence-electron chi connectivity index (χ2n) is 11.2. The number of morpholine rings is 1. The third kappa shape index (κ3) is 4.65. The van der Waals surface area contributed by atoms with E-state index >= 15 is 0 Å². The lowest BCUT2D eigenvalue weighted by atomic mass is 9.79. The number of nitrogens with zero attached hydrogens (tertiary/aromatic N) is 3. The third-order valence-corrected chi connectivity index (χ3v) is 10.5. The van der Waals surface area contributed by atoms with Gasteiger partial charge >= 0.3 is 6.16 Å². The number of aromatic nitrogens is 1. The van der Waals surface area contributed by atoms with Crippen LogP contribution in [-0.4, -0.2) is 61.5 Å². The molecule has 1 spiro atoms. The number of hydrogen-bond donors (Lipinski definition) is 0. The molecule has 0 N–H and O–H groups in total. The van der Waals surface area contributed by atoms with Crippen molar-refractivity contribution in [3.05, 3.63) is 93.4 Å². The molecule has 3 aromatic rings. The molecule has 1 aromatic heterocycles. The Morgan fingerprint density at radius 2 is 1.79 bits per heavy atom. The second kappa shape index (κ2) is 11.3. The number of carbonyl (C=O) groups excluding carboxylic acids is 2. The summed E-state index contributed by atoms with van der Waals surface area (Å²) in [4.78, 5) is 41.8. The maximum absolute atomic E-state index is 14.1. The van der Waals surface area contributed by atoms with E-state index in [1.807, 2.05) is 11.8 Å². The molecule has 43 heavy (non-hydrogen) atoms. The SMILES string of the molecule is COC(=O)OCOc1c2n(ccc1=O)N([C@@H]1c3ccccc3SC3(CCCCC3)c3ccccc31)[C@@H]1COCCN1C2=O. The van der Waals surface area contributed by atoms with Crippen LogP contribution in [0.1, 0.15) is 65.3 Å². The number of ether oxygens (including phenoxy) is 4. The van der Waals surface area contributed by atoms with Crippen molar-refractivity contribution in [1.82, 2.24) is 9.58 Å². The summed E-state index contributed by atoms with van der Waals surface area (Å²) in [7, 11) is 1.18. The molecule has 7 rings (SSSR count). The maximum atomic E-state index is 14.1. The van der Waals surface area contributed by atoms with Crippen molar-refractivity contribution in [3.8, 4) is 5.75 Å². The maximum Gasteiger partial charge on any atom is 0.510 e. The first-order chi connectivity index (χ1) is 21.0. The summed E-state index contributed by atoms with van der Waals surface area (Å²) in [6.45, 7) is 0.465. The summed E-state index contributed by atoms with van der Waals surface area (Å²) in [5, 5.41) is 2.16. The minimum Gasteiger partial charge on any atom is -0.451 e. The molecule has 1 aliphatic carbocycles. The molecule has 0 unspecified atom stereocenters. The van der Waals surface area contributed by atoms with Crippen LogP contribution in [0.15, 0.2) is 70.5 Å². The van der Waals surface area contributed by atoms with E-state index in [-0.39, 0.29) is 28.1 Å². The van der Waals surface area contributed by atoms with E-state index in [1.165, 1.54) is 48.5 Å². The lowest BCUT2D eigenvalue weighted by Gasteiger charge is -2.51. The molecule has 1 amide bonds. The smallest absolute Gasteiger partial charge is 0.451 e. The summed E-state index contributed by atoms with van der Waals surface area (Å²) in [6, 6.07) is 18.3. The monoisotopic (exact) mass is 603 g/mol. The Balaban J connectivity index is 1.44. The van der Waals surface area contributed by atoms with Crippen LogP contribution in [-0.2, 0) is 19.0 Å². The molecule has 4 aliphatic rings. The Kier molecular flexibility index (Phi) is 7.30. The minimum atomic E-state index is -0.952. The number of pyridine rings is 1. The van der Waals surface area contributed by atoms with Crippen molar-refractivity contribution < 1.29 is 28.5 Å². The van der Waals surface area contributed by atoms with E-state index in [9.17, 15) is 14.4 Å². The standard InChI is InChI=1S/C32H33N3O7S/c1-39-31(38)42-20-41-29-24(36)13-16-34-28(29)30(37)33-17-18-40-19-26(33)35(34)27-21-9-3-5-11-23(21)32(14-7-2-8-15-32)43-25-12-6-4-10-22(25)27/h3-6,9-13,16,26-27H,2,7-8,14-15,17-20H2,1H3/t26-,27+/m1/s1. The molecule has 2 aromatic carbocycles. The van der Waals surface area contributed by atoms with Crippen LogP contribution in [0.4, 0.5) is 4.79 Å². The first-order valence-electron chi connectivity index (χ1n) is 14.7. The van der Waals surface area contributed by atoms with Gasteiger partial charge in [0.05, 0.1) is 26.4 Å². The number of methoxy groups -OCH3 is 1. The number of benzene rings is 2.